The Kier molecular flexibility index (Phi) is 6.29. The van der Waals surface area contributed by atoms with E-state index in [-0.39, 0.29) is 5.82 Å². The summed E-state index contributed by atoms with van der Waals surface area (Å²) in [4.78, 5) is 0. The molecule has 0 saturated heterocycles. The first-order valence-corrected chi connectivity index (χ1v) is 10.1. The van der Waals surface area contributed by atoms with Gasteiger partial charge in [0.05, 0.1) is 0 Å². The maximum absolute atomic E-state index is 14.4. The molecule has 0 unspecified atom stereocenters. The fraction of sp³-hybridized carbons (Fsp3) is 0.500. The van der Waals surface area contributed by atoms with Crippen molar-refractivity contribution in [2.75, 3.05) is 0 Å². The van der Waals surface area contributed by atoms with E-state index in [2.05, 4.69) is 44.2 Å². The van der Waals surface area contributed by atoms with Crippen LogP contribution in [-0.4, -0.2) is 0 Å². The molecule has 1 aliphatic rings. The second-order valence-electron chi connectivity index (χ2n) is 7.69. The highest BCUT2D eigenvalue weighted by Crippen LogP contribution is 2.38. The van der Waals surface area contributed by atoms with Crippen molar-refractivity contribution in [3.05, 3.63) is 59.4 Å². The standard InChI is InChI=1S/C24H31F/c1-3-5-18-7-10-20(11-8-18)21-12-14-22(15-13-21)23-16-9-19(6-4-2)17-24(23)25/h9,12-18,20H,3-8,10-11H2,1-2H3. The minimum absolute atomic E-state index is 0.0984. The first kappa shape index (κ1) is 18.2. The van der Waals surface area contributed by atoms with Gasteiger partial charge in [0.1, 0.15) is 5.82 Å². The first-order chi connectivity index (χ1) is 12.2. The van der Waals surface area contributed by atoms with Crippen LogP contribution in [-0.2, 0) is 6.42 Å². The topological polar surface area (TPSA) is 0 Å². The predicted octanol–water partition coefficient (Wildman–Crippen LogP) is 7.52. The normalized spacial score (nSPS) is 20.6. The third kappa shape index (κ3) is 4.51. The van der Waals surface area contributed by atoms with Crippen molar-refractivity contribution in [2.24, 2.45) is 5.92 Å². The lowest BCUT2D eigenvalue weighted by atomic mass is 9.77. The summed E-state index contributed by atoms with van der Waals surface area (Å²) in [5.74, 6) is 1.54. The molecule has 0 spiro atoms. The van der Waals surface area contributed by atoms with Crippen LogP contribution in [0.1, 0.15) is 75.8 Å². The van der Waals surface area contributed by atoms with Gasteiger partial charge in [-0.15, -0.1) is 0 Å². The number of rotatable bonds is 6. The summed E-state index contributed by atoms with van der Waals surface area (Å²) in [6.45, 7) is 4.42. The Labute approximate surface area is 152 Å². The van der Waals surface area contributed by atoms with Crippen LogP contribution in [0.25, 0.3) is 11.1 Å². The van der Waals surface area contributed by atoms with E-state index < -0.39 is 0 Å². The molecule has 25 heavy (non-hydrogen) atoms. The van der Waals surface area contributed by atoms with E-state index in [1.807, 2.05) is 6.07 Å². The van der Waals surface area contributed by atoms with Gasteiger partial charge in [0.2, 0.25) is 0 Å². The van der Waals surface area contributed by atoms with Gasteiger partial charge in [0.25, 0.3) is 0 Å². The summed E-state index contributed by atoms with van der Waals surface area (Å²) >= 11 is 0. The van der Waals surface area contributed by atoms with Crippen LogP contribution in [0.5, 0.6) is 0 Å². The number of aryl methyl sites for hydroxylation is 1. The van der Waals surface area contributed by atoms with E-state index >= 15 is 0 Å². The van der Waals surface area contributed by atoms with Gasteiger partial charge in [0.15, 0.2) is 0 Å². The molecule has 1 heteroatoms. The summed E-state index contributed by atoms with van der Waals surface area (Å²) < 4.78 is 14.4. The Morgan fingerprint density at radius 1 is 0.880 bits per heavy atom. The highest BCUT2D eigenvalue weighted by molar-refractivity contribution is 5.65. The first-order valence-electron chi connectivity index (χ1n) is 10.1. The number of hydrogen-bond acceptors (Lipinski definition) is 0. The highest BCUT2D eigenvalue weighted by atomic mass is 19.1. The van der Waals surface area contributed by atoms with Crippen LogP contribution in [0.2, 0.25) is 0 Å². The average molecular weight is 339 g/mol. The second kappa shape index (κ2) is 8.65. The molecule has 1 fully saturated rings. The van der Waals surface area contributed by atoms with Gasteiger partial charge in [-0.2, -0.15) is 0 Å². The molecule has 0 aliphatic heterocycles. The molecule has 134 valence electrons. The average Bonchev–Trinajstić information content (AvgIpc) is 2.63. The molecule has 0 N–H and O–H groups in total. The minimum Gasteiger partial charge on any atom is -0.206 e. The Bertz CT molecular complexity index is 663. The van der Waals surface area contributed by atoms with Gasteiger partial charge in [-0.05, 0) is 66.7 Å². The Balaban J connectivity index is 1.68. The predicted molar refractivity (Wildman–Crippen MR) is 105 cm³/mol. The third-order valence-electron chi connectivity index (χ3n) is 5.81. The van der Waals surface area contributed by atoms with Crippen molar-refractivity contribution in [2.45, 2.75) is 71.1 Å². The summed E-state index contributed by atoms with van der Waals surface area (Å²) in [6, 6.07) is 14.3. The van der Waals surface area contributed by atoms with Crippen molar-refractivity contribution < 1.29 is 4.39 Å². The SMILES string of the molecule is CCCc1ccc(-c2ccc(C3CCC(CCC)CC3)cc2)c(F)c1. The van der Waals surface area contributed by atoms with Gasteiger partial charge >= 0.3 is 0 Å². The van der Waals surface area contributed by atoms with E-state index in [0.29, 0.717) is 5.92 Å². The van der Waals surface area contributed by atoms with Crippen LogP contribution in [0.4, 0.5) is 4.39 Å². The van der Waals surface area contributed by atoms with Crippen LogP contribution < -0.4 is 0 Å². The van der Waals surface area contributed by atoms with Crippen molar-refractivity contribution >= 4 is 0 Å². The van der Waals surface area contributed by atoms with Gasteiger partial charge in [0, 0.05) is 5.56 Å². The lowest BCUT2D eigenvalue weighted by molar-refractivity contribution is 0.308. The molecule has 0 nitrogen and oxygen atoms in total. The zero-order chi connectivity index (χ0) is 17.6. The number of hydrogen-bond donors (Lipinski definition) is 0. The zero-order valence-electron chi connectivity index (χ0n) is 15.7. The van der Waals surface area contributed by atoms with Gasteiger partial charge < -0.3 is 0 Å². The fourth-order valence-electron chi connectivity index (χ4n) is 4.36. The molecule has 0 bridgehead atoms. The lowest BCUT2D eigenvalue weighted by Gasteiger charge is -2.28. The van der Waals surface area contributed by atoms with Crippen LogP contribution in [0.15, 0.2) is 42.5 Å². The quantitative estimate of drug-likeness (QED) is 0.511. The Morgan fingerprint density at radius 2 is 1.60 bits per heavy atom. The monoisotopic (exact) mass is 338 g/mol. The molecule has 2 aromatic rings. The molecule has 0 atom stereocenters. The summed E-state index contributed by atoms with van der Waals surface area (Å²) in [6.07, 6.45) is 10.0. The largest absolute Gasteiger partial charge is 0.206 e. The molecule has 0 aromatic heterocycles. The summed E-state index contributed by atoms with van der Waals surface area (Å²) in [7, 11) is 0. The van der Waals surface area contributed by atoms with E-state index in [0.717, 1.165) is 35.4 Å². The van der Waals surface area contributed by atoms with Crippen LogP contribution in [0, 0.1) is 11.7 Å². The van der Waals surface area contributed by atoms with E-state index in [9.17, 15) is 4.39 Å². The van der Waals surface area contributed by atoms with Crippen molar-refractivity contribution in [1.82, 2.24) is 0 Å². The van der Waals surface area contributed by atoms with Crippen molar-refractivity contribution in [3.63, 3.8) is 0 Å². The van der Waals surface area contributed by atoms with E-state index in [1.165, 1.54) is 44.1 Å². The molecule has 1 aliphatic carbocycles. The maximum Gasteiger partial charge on any atom is 0.131 e. The van der Waals surface area contributed by atoms with Crippen LogP contribution in [0.3, 0.4) is 0 Å². The molecule has 1 saturated carbocycles. The van der Waals surface area contributed by atoms with E-state index in [1.54, 1.807) is 6.07 Å². The fourth-order valence-corrected chi connectivity index (χ4v) is 4.36. The van der Waals surface area contributed by atoms with Gasteiger partial charge in [-0.25, -0.2) is 4.39 Å². The Morgan fingerprint density at radius 3 is 2.20 bits per heavy atom. The number of halogens is 1. The number of benzene rings is 2. The molecule has 0 heterocycles. The molecule has 0 radical (unpaired) electrons. The maximum atomic E-state index is 14.4. The van der Waals surface area contributed by atoms with Crippen molar-refractivity contribution in [3.8, 4) is 11.1 Å². The van der Waals surface area contributed by atoms with Crippen molar-refractivity contribution in [1.29, 1.82) is 0 Å². The molecule has 2 aromatic carbocycles. The molecule has 0 amide bonds. The molecule has 3 rings (SSSR count). The smallest absolute Gasteiger partial charge is 0.131 e. The molecular weight excluding hydrogens is 307 g/mol. The highest BCUT2D eigenvalue weighted by Gasteiger charge is 2.21. The summed E-state index contributed by atoms with van der Waals surface area (Å²) in [5.41, 5.74) is 4.23. The summed E-state index contributed by atoms with van der Waals surface area (Å²) in [5, 5.41) is 0. The minimum atomic E-state index is -0.0984. The van der Waals surface area contributed by atoms with E-state index in [4.69, 9.17) is 0 Å². The Hall–Kier alpha value is -1.63. The zero-order valence-corrected chi connectivity index (χ0v) is 15.7. The van der Waals surface area contributed by atoms with Gasteiger partial charge in [-0.1, -0.05) is 69.5 Å². The second-order valence-corrected chi connectivity index (χ2v) is 7.69. The lowest BCUT2D eigenvalue weighted by Crippen LogP contribution is -2.13. The van der Waals surface area contributed by atoms with Crippen LogP contribution >= 0.6 is 0 Å². The molecular formula is C24H31F. The third-order valence-corrected chi connectivity index (χ3v) is 5.81. The van der Waals surface area contributed by atoms with Gasteiger partial charge in [-0.3, -0.25) is 0 Å².